The fourth-order valence-electron chi connectivity index (χ4n) is 3.80. The van der Waals surface area contributed by atoms with E-state index in [1.54, 1.807) is 0 Å². The molecule has 0 bridgehead atoms. The van der Waals surface area contributed by atoms with Gasteiger partial charge in [-0.3, -0.25) is 9.79 Å². The van der Waals surface area contributed by atoms with Crippen molar-refractivity contribution in [3.63, 3.8) is 0 Å². The SMILES string of the molecule is CCN(CC)CCCC(C)NC(=NC)NCc1ccccc1CN1CCCC1=O.I. The summed E-state index contributed by atoms with van der Waals surface area (Å²) in [5, 5.41) is 6.94. The molecular formula is C23H40IN5O. The molecule has 1 saturated heterocycles. The lowest BCUT2D eigenvalue weighted by Crippen LogP contribution is -2.42. The number of rotatable bonds is 11. The van der Waals surface area contributed by atoms with E-state index < -0.39 is 0 Å². The average Bonchev–Trinajstić information content (AvgIpc) is 3.14. The van der Waals surface area contributed by atoms with Crippen LogP contribution in [-0.4, -0.2) is 60.9 Å². The Morgan fingerprint density at radius 1 is 1.23 bits per heavy atom. The number of nitrogens with zero attached hydrogens (tertiary/aromatic N) is 3. The van der Waals surface area contributed by atoms with Crippen molar-refractivity contribution in [3.05, 3.63) is 35.4 Å². The second-order valence-electron chi connectivity index (χ2n) is 7.83. The number of halogens is 1. The largest absolute Gasteiger partial charge is 0.354 e. The molecule has 1 aliphatic heterocycles. The molecule has 1 aromatic rings. The molecule has 170 valence electrons. The molecule has 0 radical (unpaired) electrons. The van der Waals surface area contributed by atoms with E-state index in [0.29, 0.717) is 25.6 Å². The van der Waals surface area contributed by atoms with Crippen LogP contribution in [0.15, 0.2) is 29.3 Å². The number of likely N-dealkylation sites (tertiary alicyclic amines) is 1. The smallest absolute Gasteiger partial charge is 0.222 e. The quantitative estimate of drug-likeness (QED) is 0.261. The third kappa shape index (κ3) is 8.79. The number of hydrogen-bond donors (Lipinski definition) is 2. The summed E-state index contributed by atoms with van der Waals surface area (Å²) in [6, 6.07) is 8.72. The number of amides is 1. The maximum absolute atomic E-state index is 12.0. The van der Waals surface area contributed by atoms with E-state index in [1.807, 2.05) is 18.0 Å². The minimum atomic E-state index is 0. The van der Waals surface area contributed by atoms with Gasteiger partial charge in [0.25, 0.3) is 0 Å². The van der Waals surface area contributed by atoms with Crippen LogP contribution < -0.4 is 10.6 Å². The van der Waals surface area contributed by atoms with Gasteiger partial charge in [0.2, 0.25) is 5.91 Å². The summed E-state index contributed by atoms with van der Waals surface area (Å²) in [6.45, 7) is 12.3. The van der Waals surface area contributed by atoms with Crippen LogP contribution in [0.1, 0.15) is 57.6 Å². The molecule has 0 aliphatic carbocycles. The van der Waals surface area contributed by atoms with Crippen LogP contribution in [0.4, 0.5) is 0 Å². The molecule has 1 heterocycles. The topological polar surface area (TPSA) is 60.0 Å². The Hall–Kier alpha value is -1.35. The Labute approximate surface area is 199 Å². The number of carbonyl (C=O) groups is 1. The summed E-state index contributed by atoms with van der Waals surface area (Å²) in [6.07, 6.45) is 3.95. The predicted octanol–water partition coefficient (Wildman–Crippen LogP) is 3.60. The van der Waals surface area contributed by atoms with Gasteiger partial charge in [-0.2, -0.15) is 0 Å². The zero-order valence-electron chi connectivity index (χ0n) is 19.1. The summed E-state index contributed by atoms with van der Waals surface area (Å²) < 4.78 is 0. The molecule has 1 fully saturated rings. The van der Waals surface area contributed by atoms with Gasteiger partial charge >= 0.3 is 0 Å². The predicted molar refractivity (Wildman–Crippen MR) is 136 cm³/mol. The van der Waals surface area contributed by atoms with Gasteiger partial charge in [-0.25, -0.2) is 0 Å². The van der Waals surface area contributed by atoms with Crippen LogP contribution >= 0.6 is 24.0 Å². The van der Waals surface area contributed by atoms with Crippen molar-refractivity contribution >= 4 is 35.8 Å². The molecule has 0 saturated carbocycles. The van der Waals surface area contributed by atoms with Crippen LogP contribution in [0.25, 0.3) is 0 Å². The fourth-order valence-corrected chi connectivity index (χ4v) is 3.80. The number of hydrogen-bond acceptors (Lipinski definition) is 3. The highest BCUT2D eigenvalue weighted by atomic mass is 127. The molecule has 1 amide bonds. The second kappa shape index (κ2) is 14.6. The first-order chi connectivity index (χ1) is 14.1. The van der Waals surface area contributed by atoms with E-state index in [0.717, 1.165) is 45.0 Å². The third-order valence-corrected chi connectivity index (χ3v) is 5.71. The first kappa shape index (κ1) is 26.7. The minimum Gasteiger partial charge on any atom is -0.354 e. The van der Waals surface area contributed by atoms with E-state index in [9.17, 15) is 4.79 Å². The van der Waals surface area contributed by atoms with Gasteiger partial charge in [0.05, 0.1) is 0 Å². The highest BCUT2D eigenvalue weighted by Gasteiger charge is 2.20. The van der Waals surface area contributed by atoms with E-state index >= 15 is 0 Å². The molecule has 1 atom stereocenters. The van der Waals surface area contributed by atoms with Crippen molar-refractivity contribution in [1.29, 1.82) is 0 Å². The molecule has 2 rings (SSSR count). The Morgan fingerprint density at radius 3 is 2.53 bits per heavy atom. The Kier molecular flexibility index (Phi) is 13.0. The summed E-state index contributed by atoms with van der Waals surface area (Å²) in [4.78, 5) is 20.8. The van der Waals surface area contributed by atoms with Crippen molar-refractivity contribution in [1.82, 2.24) is 20.4 Å². The Morgan fingerprint density at radius 2 is 1.93 bits per heavy atom. The fraction of sp³-hybridized carbons (Fsp3) is 0.652. The molecular weight excluding hydrogens is 489 g/mol. The minimum absolute atomic E-state index is 0. The van der Waals surface area contributed by atoms with Crippen LogP contribution in [0.2, 0.25) is 0 Å². The first-order valence-electron chi connectivity index (χ1n) is 11.1. The van der Waals surface area contributed by atoms with Crippen molar-refractivity contribution < 1.29 is 4.79 Å². The maximum atomic E-state index is 12.0. The van der Waals surface area contributed by atoms with E-state index in [-0.39, 0.29) is 29.9 Å². The zero-order chi connectivity index (χ0) is 21.1. The van der Waals surface area contributed by atoms with Crippen LogP contribution in [0.5, 0.6) is 0 Å². The number of guanidine groups is 1. The molecule has 1 unspecified atom stereocenters. The first-order valence-corrected chi connectivity index (χ1v) is 11.1. The Balaban J connectivity index is 0.00000450. The van der Waals surface area contributed by atoms with Crippen molar-refractivity contribution in [2.24, 2.45) is 4.99 Å². The third-order valence-electron chi connectivity index (χ3n) is 5.71. The van der Waals surface area contributed by atoms with Crippen molar-refractivity contribution in [3.8, 4) is 0 Å². The molecule has 2 N–H and O–H groups in total. The number of aliphatic imine (C=N–C) groups is 1. The lowest BCUT2D eigenvalue weighted by Gasteiger charge is -2.22. The van der Waals surface area contributed by atoms with Gasteiger partial charge in [-0.15, -0.1) is 24.0 Å². The lowest BCUT2D eigenvalue weighted by molar-refractivity contribution is -0.128. The second-order valence-corrected chi connectivity index (χ2v) is 7.83. The van der Waals surface area contributed by atoms with Gasteiger partial charge in [0.1, 0.15) is 0 Å². The van der Waals surface area contributed by atoms with Gasteiger partial charge < -0.3 is 20.4 Å². The number of carbonyl (C=O) groups excluding carboxylic acids is 1. The van der Waals surface area contributed by atoms with Crippen molar-refractivity contribution in [2.75, 3.05) is 33.2 Å². The van der Waals surface area contributed by atoms with E-state index in [2.05, 4.69) is 59.5 Å². The van der Waals surface area contributed by atoms with Gasteiger partial charge in [-0.05, 0) is 56.9 Å². The number of nitrogens with one attached hydrogen (secondary N) is 2. The van der Waals surface area contributed by atoms with E-state index in [4.69, 9.17) is 0 Å². The Bertz CT molecular complexity index is 663. The van der Waals surface area contributed by atoms with Crippen LogP contribution in [0.3, 0.4) is 0 Å². The molecule has 30 heavy (non-hydrogen) atoms. The van der Waals surface area contributed by atoms with Gasteiger partial charge in [0.15, 0.2) is 5.96 Å². The monoisotopic (exact) mass is 529 g/mol. The van der Waals surface area contributed by atoms with Gasteiger partial charge in [0, 0.05) is 39.1 Å². The standard InChI is InChI=1S/C23H39N5O.HI/c1-5-27(6-2)15-9-11-19(3)26-23(24-4)25-17-20-12-7-8-13-21(20)18-28-16-10-14-22(28)29;/h7-8,12-13,19H,5-6,9-11,14-18H2,1-4H3,(H2,24,25,26);1H. The molecule has 0 spiro atoms. The lowest BCUT2D eigenvalue weighted by atomic mass is 10.1. The highest BCUT2D eigenvalue weighted by Crippen LogP contribution is 2.17. The van der Waals surface area contributed by atoms with Crippen LogP contribution in [-0.2, 0) is 17.9 Å². The van der Waals surface area contributed by atoms with E-state index in [1.165, 1.54) is 17.5 Å². The molecule has 6 nitrogen and oxygen atoms in total. The summed E-state index contributed by atoms with van der Waals surface area (Å²) >= 11 is 0. The number of benzene rings is 1. The highest BCUT2D eigenvalue weighted by molar-refractivity contribution is 14.0. The van der Waals surface area contributed by atoms with Gasteiger partial charge in [-0.1, -0.05) is 38.1 Å². The summed E-state index contributed by atoms with van der Waals surface area (Å²) in [5.41, 5.74) is 2.42. The zero-order valence-corrected chi connectivity index (χ0v) is 21.4. The maximum Gasteiger partial charge on any atom is 0.222 e. The molecule has 0 aromatic heterocycles. The summed E-state index contributed by atoms with van der Waals surface area (Å²) in [5.74, 6) is 1.09. The van der Waals surface area contributed by atoms with Crippen LogP contribution in [0, 0.1) is 0 Å². The molecule has 1 aromatic carbocycles. The summed E-state index contributed by atoms with van der Waals surface area (Å²) in [7, 11) is 1.81. The van der Waals surface area contributed by atoms with Crippen molar-refractivity contribution in [2.45, 2.75) is 65.6 Å². The normalized spacial score (nSPS) is 15.3. The molecule has 1 aliphatic rings. The molecule has 7 heteroatoms. The average molecular weight is 530 g/mol.